The van der Waals surface area contributed by atoms with Crippen LogP contribution in [-0.4, -0.2) is 18.0 Å². The van der Waals surface area contributed by atoms with Gasteiger partial charge in [-0.1, -0.05) is 23.2 Å². The zero-order valence-corrected chi connectivity index (χ0v) is 12.5. The summed E-state index contributed by atoms with van der Waals surface area (Å²) in [5.41, 5.74) is 0.597. The Hall–Kier alpha value is -1.26. The number of halogens is 2. The van der Waals surface area contributed by atoms with Gasteiger partial charge in [-0.25, -0.2) is 0 Å². The second-order valence-corrected chi connectivity index (χ2v) is 6.85. The van der Waals surface area contributed by atoms with Crippen LogP contribution in [0.1, 0.15) is 12.8 Å². The molecule has 0 unspecified atom stereocenters. The molecule has 1 amide bonds. The molecule has 2 saturated carbocycles. The molecule has 5 atom stereocenters. The number of carbonyl (C=O) groups is 2. The van der Waals surface area contributed by atoms with Crippen molar-refractivity contribution in [2.75, 3.05) is 5.32 Å². The summed E-state index contributed by atoms with van der Waals surface area (Å²) >= 11 is 11.8. The van der Waals surface area contributed by atoms with E-state index < -0.39 is 0 Å². The highest BCUT2D eigenvalue weighted by molar-refractivity contribution is 6.42. The van der Waals surface area contributed by atoms with Crippen molar-refractivity contribution in [3.63, 3.8) is 0 Å². The van der Waals surface area contributed by atoms with Gasteiger partial charge in [0, 0.05) is 11.6 Å². The van der Waals surface area contributed by atoms with E-state index in [0.29, 0.717) is 15.7 Å². The third kappa shape index (κ3) is 1.96. The number of fused-ring (bicyclic) bond motifs is 1. The lowest BCUT2D eigenvalue weighted by Crippen LogP contribution is -2.35. The molecule has 21 heavy (non-hydrogen) atoms. The minimum absolute atomic E-state index is 0.0431. The summed E-state index contributed by atoms with van der Waals surface area (Å²) in [7, 11) is 0. The summed E-state index contributed by atoms with van der Waals surface area (Å²) in [4.78, 5) is 24.5. The Balaban J connectivity index is 1.55. The quantitative estimate of drug-likeness (QED) is 0.850. The first-order valence-electron chi connectivity index (χ1n) is 7.01. The van der Waals surface area contributed by atoms with Gasteiger partial charge in [-0.05, 0) is 37.0 Å². The molecule has 0 radical (unpaired) electrons. The third-order valence-electron chi connectivity index (χ3n) is 4.97. The molecule has 4 rings (SSSR count). The maximum absolute atomic E-state index is 12.5. The lowest BCUT2D eigenvalue weighted by Gasteiger charge is -2.23. The van der Waals surface area contributed by atoms with Crippen molar-refractivity contribution in [3.8, 4) is 0 Å². The van der Waals surface area contributed by atoms with Crippen LogP contribution < -0.4 is 5.32 Å². The molecule has 2 aliphatic carbocycles. The maximum Gasteiger partial charge on any atom is 0.310 e. The van der Waals surface area contributed by atoms with Gasteiger partial charge in [0.15, 0.2) is 0 Å². The second kappa shape index (κ2) is 4.62. The van der Waals surface area contributed by atoms with Gasteiger partial charge in [-0.15, -0.1) is 0 Å². The average Bonchev–Trinajstić information content (AvgIpc) is 3.04. The molecule has 3 fully saturated rings. The Morgan fingerprint density at radius 2 is 2.05 bits per heavy atom. The predicted octanol–water partition coefficient (Wildman–Crippen LogP) is 3.13. The van der Waals surface area contributed by atoms with Crippen molar-refractivity contribution in [3.05, 3.63) is 28.2 Å². The van der Waals surface area contributed by atoms with Gasteiger partial charge in [0.05, 0.1) is 21.9 Å². The zero-order valence-electron chi connectivity index (χ0n) is 11.0. The predicted molar refractivity (Wildman–Crippen MR) is 78.2 cm³/mol. The molecule has 1 aliphatic heterocycles. The molecule has 6 heteroatoms. The van der Waals surface area contributed by atoms with Gasteiger partial charge in [-0.3, -0.25) is 9.59 Å². The van der Waals surface area contributed by atoms with Crippen molar-refractivity contribution in [2.24, 2.45) is 23.7 Å². The Morgan fingerprint density at radius 3 is 2.81 bits per heavy atom. The summed E-state index contributed by atoms with van der Waals surface area (Å²) in [6.45, 7) is 0. The van der Waals surface area contributed by atoms with Crippen LogP contribution in [0.5, 0.6) is 0 Å². The first-order chi connectivity index (χ1) is 10.0. The SMILES string of the molecule is O=C1O[C@H]2C[C@@H]3C[C@H]2[C@@H]1[C@H]3C(=O)Nc1ccc(Cl)c(Cl)c1. The van der Waals surface area contributed by atoms with Crippen LogP contribution >= 0.6 is 23.2 Å². The van der Waals surface area contributed by atoms with Crippen molar-refractivity contribution < 1.29 is 14.3 Å². The van der Waals surface area contributed by atoms with Gasteiger partial charge in [0.2, 0.25) is 5.91 Å². The molecular weight excluding hydrogens is 313 g/mol. The molecule has 4 nitrogen and oxygen atoms in total. The summed E-state index contributed by atoms with van der Waals surface area (Å²) in [5, 5.41) is 3.68. The number of hydrogen-bond donors (Lipinski definition) is 1. The summed E-state index contributed by atoms with van der Waals surface area (Å²) in [6.07, 6.45) is 1.77. The van der Waals surface area contributed by atoms with Gasteiger partial charge >= 0.3 is 5.97 Å². The van der Waals surface area contributed by atoms with Gasteiger partial charge in [0.25, 0.3) is 0 Å². The van der Waals surface area contributed by atoms with E-state index in [1.165, 1.54) is 0 Å². The van der Waals surface area contributed by atoms with Crippen LogP contribution in [0.2, 0.25) is 10.0 Å². The molecular formula is C15H13Cl2NO3. The van der Waals surface area contributed by atoms with Crippen LogP contribution in [-0.2, 0) is 14.3 Å². The van der Waals surface area contributed by atoms with E-state index in [1.54, 1.807) is 18.2 Å². The van der Waals surface area contributed by atoms with Gasteiger partial charge < -0.3 is 10.1 Å². The molecule has 1 aromatic rings. The largest absolute Gasteiger partial charge is 0.462 e. The molecule has 1 heterocycles. The van der Waals surface area contributed by atoms with Crippen molar-refractivity contribution in [2.45, 2.75) is 18.9 Å². The first-order valence-corrected chi connectivity index (χ1v) is 7.76. The normalized spacial score (nSPS) is 35.9. The molecule has 1 saturated heterocycles. The van der Waals surface area contributed by atoms with Crippen LogP contribution in [0, 0.1) is 23.7 Å². The maximum atomic E-state index is 12.5. The standard InChI is InChI=1S/C15H13Cl2NO3/c16-9-2-1-7(5-10(9)17)18-14(19)12-6-3-8-11(4-6)21-15(20)13(8)12/h1-2,5-6,8,11-13H,3-4H2,(H,18,19)/t6-,8+,11-,12-,13+/m0/s1. The van der Waals surface area contributed by atoms with E-state index >= 15 is 0 Å². The number of esters is 1. The monoisotopic (exact) mass is 325 g/mol. The highest BCUT2D eigenvalue weighted by Gasteiger charge is 2.63. The fourth-order valence-corrected chi connectivity index (χ4v) is 4.46. The molecule has 3 aliphatic rings. The Labute approximate surface area is 131 Å². The van der Waals surface area contributed by atoms with E-state index in [2.05, 4.69) is 5.32 Å². The van der Waals surface area contributed by atoms with E-state index in [0.717, 1.165) is 12.8 Å². The number of carbonyl (C=O) groups excluding carboxylic acids is 2. The lowest BCUT2D eigenvalue weighted by molar-refractivity contribution is -0.145. The fourth-order valence-electron chi connectivity index (χ4n) is 4.16. The van der Waals surface area contributed by atoms with E-state index in [1.807, 2.05) is 0 Å². The van der Waals surface area contributed by atoms with Crippen LogP contribution in [0.3, 0.4) is 0 Å². The molecule has 2 bridgehead atoms. The third-order valence-corrected chi connectivity index (χ3v) is 5.71. The number of hydrogen-bond acceptors (Lipinski definition) is 3. The molecule has 0 aromatic heterocycles. The topological polar surface area (TPSA) is 55.4 Å². The van der Waals surface area contributed by atoms with Gasteiger partial charge in [0.1, 0.15) is 6.10 Å². The Bertz CT molecular complexity index is 646. The minimum Gasteiger partial charge on any atom is -0.462 e. The minimum atomic E-state index is -0.282. The summed E-state index contributed by atoms with van der Waals surface area (Å²) in [5.74, 6) is -0.402. The Morgan fingerprint density at radius 1 is 1.24 bits per heavy atom. The van der Waals surface area contributed by atoms with Crippen LogP contribution in [0.15, 0.2) is 18.2 Å². The van der Waals surface area contributed by atoms with Crippen molar-refractivity contribution >= 4 is 40.8 Å². The number of amides is 1. The Kier molecular flexibility index (Phi) is 2.95. The van der Waals surface area contributed by atoms with Crippen molar-refractivity contribution in [1.29, 1.82) is 0 Å². The second-order valence-electron chi connectivity index (χ2n) is 6.04. The highest BCUT2D eigenvalue weighted by Crippen LogP contribution is 2.57. The number of rotatable bonds is 2. The molecule has 0 spiro atoms. The van der Waals surface area contributed by atoms with E-state index in [9.17, 15) is 9.59 Å². The number of nitrogens with one attached hydrogen (secondary N) is 1. The number of anilines is 1. The zero-order chi connectivity index (χ0) is 14.7. The van der Waals surface area contributed by atoms with E-state index in [4.69, 9.17) is 27.9 Å². The average molecular weight is 326 g/mol. The summed E-state index contributed by atoms with van der Waals surface area (Å²) < 4.78 is 5.35. The van der Waals surface area contributed by atoms with Gasteiger partial charge in [-0.2, -0.15) is 0 Å². The molecule has 110 valence electrons. The lowest BCUT2D eigenvalue weighted by atomic mass is 9.79. The number of benzene rings is 1. The highest BCUT2D eigenvalue weighted by atomic mass is 35.5. The number of ether oxygens (including phenoxy) is 1. The summed E-state index contributed by atoms with van der Waals surface area (Å²) in [6, 6.07) is 4.96. The smallest absolute Gasteiger partial charge is 0.310 e. The van der Waals surface area contributed by atoms with Crippen LogP contribution in [0.25, 0.3) is 0 Å². The van der Waals surface area contributed by atoms with Crippen LogP contribution in [0.4, 0.5) is 5.69 Å². The molecule has 1 aromatic carbocycles. The fraction of sp³-hybridized carbons (Fsp3) is 0.467. The first kappa shape index (κ1) is 13.4. The van der Waals surface area contributed by atoms with Crippen molar-refractivity contribution in [1.82, 2.24) is 0 Å². The molecule has 1 N–H and O–H groups in total. The van der Waals surface area contributed by atoms with E-state index in [-0.39, 0.29) is 41.7 Å².